The van der Waals surface area contributed by atoms with Crippen molar-refractivity contribution in [3.8, 4) is 5.75 Å². The molecule has 0 atom stereocenters. The molecule has 0 fully saturated rings. The summed E-state index contributed by atoms with van der Waals surface area (Å²) in [5, 5.41) is 2.19. The Labute approximate surface area is 108 Å². The molecule has 8 heteroatoms. The Balaban J connectivity index is 2.99. The highest BCUT2D eigenvalue weighted by Crippen LogP contribution is 2.32. The summed E-state index contributed by atoms with van der Waals surface area (Å²) >= 11 is 8.24. The van der Waals surface area contributed by atoms with Gasteiger partial charge in [-0.2, -0.15) is 0 Å². The molecule has 0 saturated heterocycles. The van der Waals surface area contributed by atoms with Crippen molar-refractivity contribution < 1.29 is 22.7 Å². The predicted octanol–water partition coefficient (Wildman–Crippen LogP) is 3.53. The van der Waals surface area contributed by atoms with Crippen LogP contribution in [0.2, 0.25) is 0 Å². The number of rotatable bonds is 3. The van der Waals surface area contributed by atoms with Gasteiger partial charge in [0.05, 0.1) is 5.69 Å². The van der Waals surface area contributed by atoms with Crippen molar-refractivity contribution in [1.29, 1.82) is 0 Å². The number of carbonyl (C=O) groups is 1. The first kappa shape index (κ1) is 14.1. The fourth-order valence-corrected chi connectivity index (χ4v) is 1.40. The van der Waals surface area contributed by atoms with Crippen LogP contribution in [0.3, 0.4) is 0 Å². The number of ether oxygens (including phenoxy) is 1. The highest BCUT2D eigenvalue weighted by atomic mass is 79.9. The maximum atomic E-state index is 12.1. The molecule has 0 aliphatic heterocycles. The van der Waals surface area contributed by atoms with E-state index in [1.807, 2.05) is 0 Å². The molecule has 0 radical (unpaired) electrons. The number of hydrogen-bond acceptors (Lipinski definition) is 2. The van der Waals surface area contributed by atoms with Gasteiger partial charge in [-0.25, -0.2) is 0 Å². The number of carbonyl (C=O) groups excluding carboxylic acids is 1. The third kappa shape index (κ3) is 4.82. The average molecular weight is 333 g/mol. The second-order valence-electron chi connectivity index (χ2n) is 2.87. The number of alkyl halides is 4. The van der Waals surface area contributed by atoms with Gasteiger partial charge in [0.15, 0.2) is 5.75 Å². The van der Waals surface area contributed by atoms with Crippen LogP contribution in [0.25, 0.3) is 0 Å². The summed E-state index contributed by atoms with van der Waals surface area (Å²) in [5.41, 5.74) is -0.101. The van der Waals surface area contributed by atoms with Gasteiger partial charge in [-0.15, -0.1) is 24.8 Å². The van der Waals surface area contributed by atoms with Crippen LogP contribution < -0.4 is 10.1 Å². The molecule has 0 aromatic heterocycles. The van der Waals surface area contributed by atoms with Crippen LogP contribution in [0.15, 0.2) is 22.7 Å². The average Bonchev–Trinajstić information content (AvgIpc) is 2.19. The first-order valence-electron chi connectivity index (χ1n) is 4.23. The van der Waals surface area contributed by atoms with E-state index in [9.17, 15) is 18.0 Å². The van der Waals surface area contributed by atoms with Crippen LogP contribution in [-0.2, 0) is 4.79 Å². The van der Waals surface area contributed by atoms with Gasteiger partial charge >= 0.3 is 6.36 Å². The lowest BCUT2D eigenvalue weighted by Gasteiger charge is -2.13. The van der Waals surface area contributed by atoms with Crippen LogP contribution >= 0.6 is 27.5 Å². The van der Waals surface area contributed by atoms with Gasteiger partial charge in [0.25, 0.3) is 0 Å². The highest BCUT2D eigenvalue weighted by Gasteiger charge is 2.32. The molecule has 17 heavy (non-hydrogen) atoms. The van der Waals surface area contributed by atoms with Crippen molar-refractivity contribution in [1.82, 2.24) is 0 Å². The molecule has 0 heterocycles. The van der Waals surface area contributed by atoms with Gasteiger partial charge in [0.2, 0.25) is 5.91 Å². The van der Waals surface area contributed by atoms with Crippen molar-refractivity contribution in [2.75, 3.05) is 11.2 Å². The van der Waals surface area contributed by atoms with Crippen molar-refractivity contribution in [3.63, 3.8) is 0 Å². The van der Waals surface area contributed by atoms with Gasteiger partial charge in [-0.3, -0.25) is 4.79 Å². The van der Waals surface area contributed by atoms with E-state index >= 15 is 0 Å². The number of anilines is 1. The molecule has 1 aromatic carbocycles. The van der Waals surface area contributed by atoms with Gasteiger partial charge in [-0.05, 0) is 18.2 Å². The number of benzene rings is 1. The van der Waals surface area contributed by atoms with E-state index in [2.05, 4.69) is 26.0 Å². The minimum Gasteiger partial charge on any atom is -0.404 e. The van der Waals surface area contributed by atoms with Crippen molar-refractivity contribution in [2.45, 2.75) is 6.36 Å². The largest absolute Gasteiger partial charge is 0.573 e. The number of amides is 1. The summed E-state index contributed by atoms with van der Waals surface area (Å²) in [4.78, 5) is 11.0. The summed E-state index contributed by atoms with van der Waals surface area (Å²) in [6, 6.07) is 3.83. The predicted molar refractivity (Wildman–Crippen MR) is 60.2 cm³/mol. The molecule has 0 bridgehead atoms. The van der Waals surface area contributed by atoms with E-state index in [0.717, 1.165) is 6.07 Å². The second kappa shape index (κ2) is 5.59. The summed E-state index contributed by atoms with van der Waals surface area (Å²) in [6.07, 6.45) is -4.83. The Morgan fingerprint density at radius 1 is 1.47 bits per heavy atom. The molecule has 0 aliphatic rings. The Morgan fingerprint density at radius 2 is 2.12 bits per heavy atom. The monoisotopic (exact) mass is 331 g/mol. The van der Waals surface area contributed by atoms with E-state index in [1.165, 1.54) is 12.1 Å². The molecule has 3 nitrogen and oxygen atoms in total. The van der Waals surface area contributed by atoms with E-state index in [4.69, 9.17) is 11.6 Å². The van der Waals surface area contributed by atoms with Crippen LogP contribution in [0.1, 0.15) is 0 Å². The normalized spacial score (nSPS) is 11.1. The lowest BCUT2D eigenvalue weighted by Crippen LogP contribution is -2.20. The molecule has 1 aromatic rings. The van der Waals surface area contributed by atoms with E-state index in [-0.39, 0.29) is 11.6 Å². The Kier molecular flexibility index (Phi) is 4.64. The zero-order valence-electron chi connectivity index (χ0n) is 8.15. The fourth-order valence-electron chi connectivity index (χ4n) is 0.992. The molecule has 1 rings (SSSR count). The van der Waals surface area contributed by atoms with Crippen LogP contribution in [0, 0.1) is 0 Å². The molecule has 0 saturated carbocycles. The minimum absolute atomic E-state index is 0.101. The SMILES string of the molecule is O=C(CCl)Nc1ccc(Br)cc1OC(F)(F)F. The summed E-state index contributed by atoms with van der Waals surface area (Å²) in [5.74, 6) is -1.49. The Bertz CT molecular complexity index is 425. The molecule has 1 amide bonds. The van der Waals surface area contributed by atoms with Crippen LogP contribution in [0.4, 0.5) is 18.9 Å². The number of hydrogen-bond donors (Lipinski definition) is 1. The molecular weight excluding hydrogens is 326 g/mol. The number of halogens is 5. The lowest BCUT2D eigenvalue weighted by atomic mass is 10.3. The summed E-state index contributed by atoms with van der Waals surface area (Å²) in [6.45, 7) is 0. The smallest absolute Gasteiger partial charge is 0.404 e. The topological polar surface area (TPSA) is 38.3 Å². The Morgan fingerprint density at radius 3 is 2.65 bits per heavy atom. The third-order valence-corrected chi connectivity index (χ3v) is 2.30. The van der Waals surface area contributed by atoms with Crippen molar-refractivity contribution in [2.24, 2.45) is 0 Å². The molecule has 94 valence electrons. The van der Waals surface area contributed by atoms with Gasteiger partial charge in [0, 0.05) is 4.47 Å². The standard InChI is InChI=1S/C9H6BrClF3NO2/c10-5-1-2-6(15-8(16)4-11)7(3-5)17-9(12,13)14/h1-3H,4H2,(H,15,16). The van der Waals surface area contributed by atoms with E-state index < -0.39 is 18.0 Å². The molecule has 0 unspecified atom stereocenters. The van der Waals surface area contributed by atoms with E-state index in [1.54, 1.807) is 0 Å². The van der Waals surface area contributed by atoms with Crippen LogP contribution in [0.5, 0.6) is 5.75 Å². The lowest BCUT2D eigenvalue weighted by molar-refractivity contribution is -0.274. The number of nitrogens with one attached hydrogen (secondary N) is 1. The van der Waals surface area contributed by atoms with Gasteiger partial charge in [-0.1, -0.05) is 15.9 Å². The van der Waals surface area contributed by atoms with Crippen molar-refractivity contribution >= 4 is 39.1 Å². The Hall–Kier alpha value is -0.950. The van der Waals surface area contributed by atoms with Crippen molar-refractivity contribution in [3.05, 3.63) is 22.7 Å². The molecule has 0 aliphatic carbocycles. The van der Waals surface area contributed by atoms with Gasteiger partial charge in [0.1, 0.15) is 5.88 Å². The zero-order valence-corrected chi connectivity index (χ0v) is 10.5. The third-order valence-electron chi connectivity index (χ3n) is 1.56. The first-order valence-corrected chi connectivity index (χ1v) is 5.55. The zero-order chi connectivity index (χ0) is 13.1. The highest BCUT2D eigenvalue weighted by molar-refractivity contribution is 9.10. The van der Waals surface area contributed by atoms with Crippen LogP contribution in [-0.4, -0.2) is 18.1 Å². The maximum Gasteiger partial charge on any atom is 0.573 e. The first-order chi connectivity index (χ1) is 7.81. The summed E-state index contributed by atoms with van der Waals surface area (Å²) < 4.78 is 40.4. The molecule has 0 spiro atoms. The van der Waals surface area contributed by atoms with Gasteiger partial charge < -0.3 is 10.1 Å². The molecule has 1 N–H and O–H groups in total. The second-order valence-corrected chi connectivity index (χ2v) is 4.05. The quantitative estimate of drug-likeness (QED) is 0.860. The maximum absolute atomic E-state index is 12.1. The molecular formula is C9H6BrClF3NO2. The summed E-state index contributed by atoms with van der Waals surface area (Å²) in [7, 11) is 0. The van der Waals surface area contributed by atoms with E-state index in [0.29, 0.717) is 4.47 Å². The minimum atomic E-state index is -4.83. The fraction of sp³-hybridized carbons (Fsp3) is 0.222.